The first-order chi connectivity index (χ1) is 13.2. The lowest BCUT2D eigenvalue weighted by molar-refractivity contribution is -0.118. The minimum absolute atomic E-state index is 0.0436. The van der Waals surface area contributed by atoms with Crippen LogP contribution in [0.1, 0.15) is 11.5 Å². The lowest BCUT2D eigenvalue weighted by Gasteiger charge is -2.09. The van der Waals surface area contributed by atoms with Crippen LogP contribution in [0.3, 0.4) is 0 Å². The van der Waals surface area contributed by atoms with Crippen molar-refractivity contribution in [3.63, 3.8) is 0 Å². The molecule has 1 amide bonds. The summed E-state index contributed by atoms with van der Waals surface area (Å²) in [6.07, 6.45) is 2.46. The Bertz CT molecular complexity index is 881. The summed E-state index contributed by atoms with van der Waals surface area (Å²) in [4.78, 5) is 16.4. The van der Waals surface area contributed by atoms with Crippen LogP contribution < -0.4 is 10.1 Å². The number of carbonyl (C=O) groups excluding carboxylic acids is 1. The van der Waals surface area contributed by atoms with E-state index in [2.05, 4.69) is 20.5 Å². The van der Waals surface area contributed by atoms with Gasteiger partial charge in [-0.2, -0.15) is 0 Å². The van der Waals surface area contributed by atoms with E-state index in [4.69, 9.17) is 4.74 Å². The average molecular weight is 383 g/mol. The molecule has 0 spiro atoms. The first-order valence-electron chi connectivity index (χ1n) is 8.53. The van der Waals surface area contributed by atoms with Crippen LogP contribution in [0.25, 0.3) is 5.69 Å². The number of hydrogen-bond donors (Lipinski definition) is 1. The molecule has 8 heteroatoms. The maximum Gasteiger partial charge on any atom is 0.230 e. The van der Waals surface area contributed by atoms with E-state index >= 15 is 0 Å². The predicted octanol–water partition coefficient (Wildman–Crippen LogP) is 2.43. The molecule has 0 aliphatic carbocycles. The normalized spacial score (nSPS) is 10.6. The second-order valence-electron chi connectivity index (χ2n) is 5.77. The number of methoxy groups -OCH3 is 1. The highest BCUT2D eigenvalue weighted by molar-refractivity contribution is 7.99. The Balaban J connectivity index is 1.55. The highest BCUT2D eigenvalue weighted by Gasteiger charge is 2.13. The zero-order valence-electron chi connectivity index (χ0n) is 15.3. The highest BCUT2D eigenvalue weighted by atomic mass is 32.2. The van der Waals surface area contributed by atoms with Crippen LogP contribution >= 0.6 is 11.8 Å². The van der Waals surface area contributed by atoms with Crippen LogP contribution in [0.15, 0.2) is 53.8 Å². The molecule has 0 bridgehead atoms. The van der Waals surface area contributed by atoms with Crippen LogP contribution in [-0.4, -0.2) is 45.1 Å². The summed E-state index contributed by atoms with van der Waals surface area (Å²) in [6, 6.07) is 13.4. The summed E-state index contributed by atoms with van der Waals surface area (Å²) in [7, 11) is 1.63. The van der Waals surface area contributed by atoms with Crippen molar-refractivity contribution in [3.8, 4) is 11.4 Å². The van der Waals surface area contributed by atoms with E-state index in [1.54, 1.807) is 13.3 Å². The second-order valence-corrected chi connectivity index (χ2v) is 6.72. The SMILES string of the molecule is COc1ccc(-n2c(C)nnc2SCC(=O)NCCc2ccccn2)cc1. The van der Waals surface area contributed by atoms with Gasteiger partial charge in [0, 0.05) is 30.5 Å². The number of aryl methyl sites for hydroxylation is 1. The fourth-order valence-electron chi connectivity index (χ4n) is 2.52. The number of ether oxygens (including phenoxy) is 1. The molecule has 7 nitrogen and oxygen atoms in total. The smallest absolute Gasteiger partial charge is 0.230 e. The van der Waals surface area contributed by atoms with Crippen molar-refractivity contribution in [2.24, 2.45) is 0 Å². The molecule has 3 aromatic rings. The molecule has 0 atom stereocenters. The van der Waals surface area contributed by atoms with Crippen molar-refractivity contribution in [3.05, 3.63) is 60.2 Å². The molecule has 0 fully saturated rings. The zero-order valence-corrected chi connectivity index (χ0v) is 16.1. The Labute approximate surface area is 162 Å². The highest BCUT2D eigenvalue weighted by Crippen LogP contribution is 2.23. The largest absolute Gasteiger partial charge is 0.497 e. The van der Waals surface area contributed by atoms with Crippen molar-refractivity contribution < 1.29 is 9.53 Å². The third-order valence-electron chi connectivity index (χ3n) is 3.89. The van der Waals surface area contributed by atoms with Gasteiger partial charge < -0.3 is 10.1 Å². The molecule has 0 unspecified atom stereocenters. The molecule has 140 valence electrons. The molecule has 2 heterocycles. The maximum absolute atomic E-state index is 12.1. The summed E-state index contributed by atoms with van der Waals surface area (Å²) in [5.41, 5.74) is 1.89. The van der Waals surface area contributed by atoms with Gasteiger partial charge in [-0.3, -0.25) is 14.3 Å². The molecule has 1 N–H and O–H groups in total. The van der Waals surface area contributed by atoms with Crippen LogP contribution in [0.4, 0.5) is 0 Å². The molecular formula is C19H21N5O2S. The standard InChI is InChI=1S/C19H21N5O2S/c1-14-22-23-19(24(14)16-6-8-17(26-2)9-7-16)27-13-18(25)21-12-10-15-5-3-4-11-20-15/h3-9,11H,10,12-13H2,1-2H3,(H,21,25). The minimum atomic E-state index is -0.0436. The molecule has 1 aromatic carbocycles. The average Bonchev–Trinajstić information content (AvgIpc) is 3.08. The Morgan fingerprint density at radius 2 is 2.00 bits per heavy atom. The number of aromatic nitrogens is 4. The van der Waals surface area contributed by atoms with Gasteiger partial charge in [-0.05, 0) is 43.3 Å². The van der Waals surface area contributed by atoms with Gasteiger partial charge in [0.15, 0.2) is 5.16 Å². The van der Waals surface area contributed by atoms with Crippen LogP contribution in [0.2, 0.25) is 0 Å². The van der Waals surface area contributed by atoms with E-state index < -0.39 is 0 Å². The number of carbonyl (C=O) groups is 1. The van der Waals surface area contributed by atoms with E-state index in [1.165, 1.54) is 11.8 Å². The van der Waals surface area contributed by atoms with E-state index in [-0.39, 0.29) is 11.7 Å². The predicted molar refractivity (Wildman–Crippen MR) is 104 cm³/mol. The lowest BCUT2D eigenvalue weighted by Crippen LogP contribution is -2.27. The summed E-state index contributed by atoms with van der Waals surface area (Å²) in [5, 5.41) is 11.9. The molecule has 2 aromatic heterocycles. The third-order valence-corrected chi connectivity index (χ3v) is 4.82. The molecule has 0 saturated heterocycles. The van der Waals surface area contributed by atoms with E-state index in [0.717, 1.165) is 23.0 Å². The number of nitrogens with zero attached hydrogens (tertiary/aromatic N) is 4. The molecule has 27 heavy (non-hydrogen) atoms. The summed E-state index contributed by atoms with van der Waals surface area (Å²) < 4.78 is 7.11. The molecule has 0 saturated carbocycles. The number of hydrogen-bond acceptors (Lipinski definition) is 6. The summed E-state index contributed by atoms with van der Waals surface area (Å²) >= 11 is 1.36. The van der Waals surface area contributed by atoms with E-state index in [0.29, 0.717) is 18.1 Å². The Hall–Kier alpha value is -2.87. The van der Waals surface area contributed by atoms with E-state index in [1.807, 2.05) is 54.0 Å². The molecule has 3 rings (SSSR count). The fourth-order valence-corrected chi connectivity index (χ4v) is 3.35. The Morgan fingerprint density at radius 3 is 2.70 bits per heavy atom. The minimum Gasteiger partial charge on any atom is -0.497 e. The number of nitrogens with one attached hydrogen (secondary N) is 1. The second kappa shape index (κ2) is 9.18. The molecule has 0 radical (unpaired) electrons. The fraction of sp³-hybridized carbons (Fsp3) is 0.263. The lowest BCUT2D eigenvalue weighted by atomic mass is 10.3. The van der Waals surface area contributed by atoms with Crippen molar-refractivity contribution in [1.29, 1.82) is 0 Å². The van der Waals surface area contributed by atoms with Gasteiger partial charge in [0.05, 0.1) is 12.9 Å². The maximum atomic E-state index is 12.1. The first-order valence-corrected chi connectivity index (χ1v) is 9.52. The van der Waals surface area contributed by atoms with Crippen molar-refractivity contribution in [1.82, 2.24) is 25.1 Å². The van der Waals surface area contributed by atoms with Gasteiger partial charge in [0.2, 0.25) is 5.91 Å². The van der Waals surface area contributed by atoms with Gasteiger partial charge >= 0.3 is 0 Å². The molecule has 0 aliphatic heterocycles. The number of benzene rings is 1. The van der Waals surface area contributed by atoms with Crippen LogP contribution in [-0.2, 0) is 11.2 Å². The number of rotatable bonds is 8. The van der Waals surface area contributed by atoms with Gasteiger partial charge in [-0.15, -0.1) is 10.2 Å². The monoisotopic (exact) mass is 383 g/mol. The summed E-state index contributed by atoms with van der Waals surface area (Å²) in [6.45, 7) is 2.44. The zero-order chi connectivity index (χ0) is 19.1. The van der Waals surface area contributed by atoms with Crippen LogP contribution in [0, 0.1) is 6.92 Å². The van der Waals surface area contributed by atoms with Crippen LogP contribution in [0.5, 0.6) is 5.75 Å². The van der Waals surface area contributed by atoms with Crippen molar-refractivity contribution in [2.75, 3.05) is 19.4 Å². The Morgan fingerprint density at radius 1 is 1.19 bits per heavy atom. The number of thioether (sulfide) groups is 1. The van der Waals surface area contributed by atoms with Crippen molar-refractivity contribution in [2.45, 2.75) is 18.5 Å². The number of pyridine rings is 1. The first kappa shape index (κ1) is 18.9. The molecule has 0 aliphatic rings. The third kappa shape index (κ3) is 5.07. The van der Waals surface area contributed by atoms with Crippen molar-refractivity contribution >= 4 is 17.7 Å². The topological polar surface area (TPSA) is 81.9 Å². The number of amides is 1. The van der Waals surface area contributed by atoms with Gasteiger partial charge in [-0.1, -0.05) is 17.8 Å². The van der Waals surface area contributed by atoms with Gasteiger partial charge in [0.1, 0.15) is 11.6 Å². The Kier molecular flexibility index (Phi) is 6.43. The van der Waals surface area contributed by atoms with Gasteiger partial charge in [0.25, 0.3) is 0 Å². The molecular weight excluding hydrogens is 362 g/mol. The summed E-state index contributed by atoms with van der Waals surface area (Å²) in [5.74, 6) is 1.78. The quantitative estimate of drug-likeness (QED) is 0.602. The van der Waals surface area contributed by atoms with Gasteiger partial charge in [-0.25, -0.2) is 0 Å². The van der Waals surface area contributed by atoms with E-state index in [9.17, 15) is 4.79 Å².